The molecule has 4 N–H and O–H groups in total. The van der Waals surface area contributed by atoms with Gasteiger partial charge < -0.3 is 15.3 Å². The normalized spacial score (nSPS) is 18.1. The van der Waals surface area contributed by atoms with Crippen LogP contribution in [-0.4, -0.2) is 74.0 Å². The number of hydrazone groups is 1. The Bertz CT molecular complexity index is 1120. The number of benzene rings is 2. The molecule has 2 aromatic rings. The Morgan fingerprint density at radius 2 is 1.86 bits per heavy atom. The van der Waals surface area contributed by atoms with E-state index in [4.69, 9.17) is 21.2 Å². The molecule has 4 rings (SSSR count). The smallest absolute Gasteiger partial charge is 0.166 e. The lowest BCUT2D eigenvalue weighted by Crippen LogP contribution is -2.50. The summed E-state index contributed by atoms with van der Waals surface area (Å²) in [6.45, 7) is 3.48. The molecule has 2 aliphatic rings. The van der Waals surface area contributed by atoms with Crippen molar-refractivity contribution in [1.82, 2.24) is 9.91 Å². The number of hydrogen-bond donors (Lipinski definition) is 2. The van der Waals surface area contributed by atoms with Crippen LogP contribution in [-0.2, 0) is 6.42 Å². The predicted octanol–water partition coefficient (Wildman–Crippen LogP) is 3.19. The maximum absolute atomic E-state index is 6.65. The molecule has 1 unspecified atom stereocenters. The van der Waals surface area contributed by atoms with Crippen LogP contribution in [0.25, 0.3) is 0 Å². The number of para-hydroxylation sites is 1. The molecule has 2 aliphatic heterocycles. The highest BCUT2D eigenvalue weighted by molar-refractivity contribution is 5.89. The highest BCUT2D eigenvalue weighted by atomic mass is 16.5. The quantitative estimate of drug-likeness (QED) is 0.179. The monoisotopic (exact) mass is 505 g/mol. The molecule has 8 heteroatoms. The second-order valence-corrected chi connectivity index (χ2v) is 9.81. The number of allylic oxidation sites excluding steroid dienone is 1. The Hall–Kier alpha value is -3.36. The van der Waals surface area contributed by atoms with E-state index in [9.17, 15) is 0 Å². The molecule has 1 atom stereocenters. The van der Waals surface area contributed by atoms with Crippen molar-refractivity contribution in [3.63, 3.8) is 0 Å². The van der Waals surface area contributed by atoms with Gasteiger partial charge in [-0.3, -0.25) is 9.91 Å². The van der Waals surface area contributed by atoms with Gasteiger partial charge in [-0.2, -0.15) is 5.10 Å². The lowest BCUT2D eigenvalue weighted by molar-refractivity contribution is -0.492. The summed E-state index contributed by atoms with van der Waals surface area (Å²) in [4.78, 5) is 2.43. The largest absolute Gasteiger partial charge is 0.493 e. The van der Waals surface area contributed by atoms with Crippen LogP contribution in [0.3, 0.4) is 0 Å². The number of piperidine rings is 1. The maximum atomic E-state index is 6.65. The first-order valence-electron chi connectivity index (χ1n) is 13.1. The highest BCUT2D eigenvalue weighted by Gasteiger charge is 2.35. The molecule has 0 amide bonds. The number of rotatable bonds is 9. The van der Waals surface area contributed by atoms with Crippen LogP contribution in [0.4, 0.5) is 0 Å². The van der Waals surface area contributed by atoms with Gasteiger partial charge in [-0.1, -0.05) is 48.5 Å². The molecular weight excluding hydrogens is 464 g/mol. The van der Waals surface area contributed by atoms with E-state index in [1.165, 1.54) is 11.1 Å². The van der Waals surface area contributed by atoms with Crippen LogP contribution in [0, 0.1) is 5.92 Å². The topological polar surface area (TPSA) is 92.4 Å². The fourth-order valence-electron chi connectivity index (χ4n) is 5.51. The maximum Gasteiger partial charge on any atom is 0.166 e. The van der Waals surface area contributed by atoms with Gasteiger partial charge in [-0.15, -0.1) is 0 Å². The third-order valence-electron chi connectivity index (χ3n) is 7.48. The van der Waals surface area contributed by atoms with E-state index in [0.717, 1.165) is 50.9 Å². The van der Waals surface area contributed by atoms with Crippen LogP contribution in [0.15, 0.2) is 65.3 Å². The summed E-state index contributed by atoms with van der Waals surface area (Å²) in [6, 6.07) is 16.0. The number of hydrazine groups is 1. The first-order chi connectivity index (χ1) is 18.0. The Morgan fingerprint density at radius 1 is 1.11 bits per heavy atom. The standard InChI is InChI=1S/C29H41N6O2/c1-33-17-8-11-24(21-33)23-15-18-34(19-16-23)27(25-12-7-13-26(36-2)28(25)37-3)29(32-30)35(31)20-14-22-9-5-4-6-10-22/h4-7,9-13,21,23,27H,8,14-20,30-31H2,1-3H3/q+1/b32-29-. The van der Waals surface area contributed by atoms with Gasteiger partial charge in [0.15, 0.2) is 23.5 Å². The van der Waals surface area contributed by atoms with Gasteiger partial charge in [0.1, 0.15) is 19.6 Å². The zero-order valence-corrected chi connectivity index (χ0v) is 22.3. The number of amidine groups is 1. The second-order valence-electron chi connectivity index (χ2n) is 9.81. The fraction of sp³-hybridized carbons (Fsp3) is 0.448. The predicted molar refractivity (Wildman–Crippen MR) is 149 cm³/mol. The van der Waals surface area contributed by atoms with Crippen molar-refractivity contribution < 1.29 is 14.0 Å². The average molecular weight is 506 g/mol. The van der Waals surface area contributed by atoms with Crippen molar-refractivity contribution in [3.05, 3.63) is 71.3 Å². The Labute approximate surface area is 220 Å². The van der Waals surface area contributed by atoms with Crippen molar-refractivity contribution in [2.45, 2.75) is 31.7 Å². The summed E-state index contributed by atoms with van der Waals surface area (Å²) in [5.74, 6) is 15.2. The van der Waals surface area contributed by atoms with Crippen LogP contribution in [0.5, 0.6) is 11.5 Å². The van der Waals surface area contributed by atoms with Crippen molar-refractivity contribution >= 4 is 12.1 Å². The molecule has 0 spiro atoms. The van der Waals surface area contributed by atoms with E-state index in [-0.39, 0.29) is 6.04 Å². The van der Waals surface area contributed by atoms with E-state index >= 15 is 0 Å². The fourth-order valence-corrected chi connectivity index (χ4v) is 5.51. The first-order valence-corrected chi connectivity index (χ1v) is 13.1. The minimum Gasteiger partial charge on any atom is -0.493 e. The molecule has 0 aliphatic carbocycles. The number of ether oxygens (including phenoxy) is 2. The number of hydrogen-bond acceptors (Lipinski definition) is 6. The summed E-state index contributed by atoms with van der Waals surface area (Å²) >= 11 is 0. The highest BCUT2D eigenvalue weighted by Crippen LogP contribution is 2.40. The van der Waals surface area contributed by atoms with Crippen LogP contribution in [0.2, 0.25) is 0 Å². The van der Waals surface area contributed by atoms with E-state index in [1.807, 2.05) is 30.3 Å². The third kappa shape index (κ3) is 6.32. The van der Waals surface area contributed by atoms with Gasteiger partial charge in [-0.05, 0) is 49.9 Å². The Kier molecular flexibility index (Phi) is 9.19. The molecule has 0 aromatic heterocycles. The first kappa shape index (κ1) is 26.7. The van der Waals surface area contributed by atoms with Gasteiger partial charge >= 0.3 is 0 Å². The number of methoxy groups -OCH3 is 2. The van der Waals surface area contributed by atoms with Crippen molar-refractivity contribution in [3.8, 4) is 11.5 Å². The van der Waals surface area contributed by atoms with E-state index < -0.39 is 0 Å². The molecule has 1 fully saturated rings. The summed E-state index contributed by atoms with van der Waals surface area (Å²) in [5, 5.41) is 5.95. The van der Waals surface area contributed by atoms with E-state index in [1.54, 1.807) is 19.2 Å². The van der Waals surface area contributed by atoms with Gasteiger partial charge in [0.05, 0.1) is 14.2 Å². The van der Waals surface area contributed by atoms with Crippen molar-refractivity contribution in [2.75, 3.05) is 47.4 Å². The summed E-state index contributed by atoms with van der Waals surface area (Å²) in [7, 11) is 5.48. The summed E-state index contributed by atoms with van der Waals surface area (Å²) in [6.07, 6.45) is 8.74. The van der Waals surface area contributed by atoms with Crippen LogP contribution in [0.1, 0.15) is 36.4 Å². The minimum atomic E-state index is -0.260. The van der Waals surface area contributed by atoms with Crippen LogP contribution < -0.4 is 21.2 Å². The summed E-state index contributed by atoms with van der Waals surface area (Å²) < 4.78 is 13.8. The number of nitrogens with zero attached hydrogens (tertiary/aromatic N) is 4. The Morgan fingerprint density at radius 3 is 2.51 bits per heavy atom. The SMILES string of the molecule is COc1cccc(C(/C(=N/N)N(N)CCc2ccccc2)N2CCC(C3=CCC[N+](C)=C3)CC2)c1OC. The minimum absolute atomic E-state index is 0.260. The lowest BCUT2D eigenvalue weighted by Gasteiger charge is -2.40. The molecule has 0 radical (unpaired) electrons. The molecule has 0 bridgehead atoms. The van der Waals surface area contributed by atoms with E-state index in [0.29, 0.717) is 29.8 Å². The van der Waals surface area contributed by atoms with Crippen molar-refractivity contribution in [2.24, 2.45) is 22.7 Å². The van der Waals surface area contributed by atoms with Gasteiger partial charge in [0.2, 0.25) is 0 Å². The number of likely N-dealkylation sites (tertiary alicyclic amines) is 1. The molecule has 1 saturated heterocycles. The van der Waals surface area contributed by atoms with Gasteiger partial charge in [-0.25, -0.2) is 10.4 Å². The molecule has 2 heterocycles. The lowest BCUT2D eigenvalue weighted by atomic mass is 9.86. The average Bonchev–Trinajstić information content (AvgIpc) is 2.94. The molecule has 198 valence electrons. The van der Waals surface area contributed by atoms with Crippen LogP contribution >= 0.6 is 0 Å². The molecule has 37 heavy (non-hydrogen) atoms. The van der Waals surface area contributed by atoms with E-state index in [2.05, 4.69) is 52.1 Å². The molecule has 2 aromatic carbocycles. The third-order valence-corrected chi connectivity index (χ3v) is 7.48. The molecule has 8 nitrogen and oxygen atoms in total. The van der Waals surface area contributed by atoms with Gasteiger partial charge in [0.25, 0.3) is 0 Å². The molecule has 0 saturated carbocycles. The second kappa shape index (κ2) is 12.7. The zero-order valence-electron chi connectivity index (χ0n) is 22.3. The Balaban J connectivity index is 1.60. The zero-order chi connectivity index (χ0) is 26.2. The van der Waals surface area contributed by atoms with Gasteiger partial charge in [0, 0.05) is 24.1 Å². The number of nitrogens with two attached hydrogens (primary N) is 2. The summed E-state index contributed by atoms with van der Waals surface area (Å²) in [5.41, 5.74) is 3.62. The molecular formula is C29H41N6O2+. The van der Waals surface area contributed by atoms with Crippen molar-refractivity contribution in [1.29, 1.82) is 0 Å².